The molecule has 0 aliphatic carbocycles. The monoisotopic (exact) mass is 387 g/mol. The Bertz CT molecular complexity index is 1000. The van der Waals surface area contributed by atoms with Crippen molar-refractivity contribution in [1.29, 1.82) is 0 Å². The molecule has 0 fully saturated rings. The van der Waals surface area contributed by atoms with Crippen molar-refractivity contribution >= 4 is 23.5 Å². The van der Waals surface area contributed by atoms with Gasteiger partial charge in [-0.2, -0.15) is 0 Å². The van der Waals surface area contributed by atoms with Crippen LogP contribution >= 0.6 is 11.6 Å². The Morgan fingerprint density at radius 3 is 2.67 bits per heavy atom. The molecule has 27 heavy (non-hydrogen) atoms. The average Bonchev–Trinajstić information content (AvgIpc) is 2.77. The Morgan fingerprint density at radius 1 is 1.30 bits per heavy atom. The predicted octanol–water partition coefficient (Wildman–Crippen LogP) is 3.69. The average molecular weight is 388 g/mol. The number of carbonyl (C=O) groups excluding carboxylic acids is 1. The molecule has 0 saturated heterocycles. The lowest BCUT2D eigenvalue weighted by Crippen LogP contribution is -2.49. The molecule has 1 amide bonds. The molecule has 2 N–H and O–H groups in total. The van der Waals surface area contributed by atoms with Crippen LogP contribution in [0.25, 0.3) is 11.1 Å². The second kappa shape index (κ2) is 5.70. The molecule has 0 bridgehead atoms. The highest BCUT2D eigenvalue weighted by Gasteiger charge is 2.55. The number of likely N-dealkylation sites (N-methyl/N-ethyl adjacent to an activating group) is 1. The second-order valence-corrected chi connectivity index (χ2v) is 8.01. The van der Waals surface area contributed by atoms with Crippen LogP contribution in [0.2, 0.25) is 5.02 Å². The minimum atomic E-state index is -1.23. The number of hydrogen-bond donors (Lipinski definition) is 1. The number of carbonyl (C=O) groups is 1. The van der Waals surface area contributed by atoms with Gasteiger partial charge in [-0.3, -0.25) is 9.69 Å². The quantitative estimate of drug-likeness (QED) is 0.811. The van der Waals surface area contributed by atoms with Crippen molar-refractivity contribution in [2.24, 2.45) is 10.7 Å². The van der Waals surface area contributed by atoms with Crippen molar-refractivity contribution < 1.29 is 13.9 Å². The highest BCUT2D eigenvalue weighted by atomic mass is 35.5. The third-order valence-corrected chi connectivity index (χ3v) is 5.26. The van der Waals surface area contributed by atoms with Gasteiger partial charge in [0.25, 0.3) is 5.91 Å². The fourth-order valence-electron chi connectivity index (χ4n) is 3.88. The first-order valence-corrected chi connectivity index (χ1v) is 8.93. The first-order valence-electron chi connectivity index (χ1n) is 8.55. The van der Waals surface area contributed by atoms with Crippen molar-refractivity contribution in [3.05, 3.63) is 52.8 Å². The third kappa shape index (κ3) is 2.67. The molecule has 1 unspecified atom stereocenters. The molecule has 2 aliphatic rings. The normalized spacial score (nSPS) is 23.2. The molecule has 140 valence electrons. The predicted molar refractivity (Wildman–Crippen MR) is 102 cm³/mol. The summed E-state index contributed by atoms with van der Waals surface area (Å²) < 4.78 is 20.9. The fourth-order valence-corrected chi connectivity index (χ4v) is 4.07. The number of hydrogen-bond acceptors (Lipinski definition) is 4. The van der Waals surface area contributed by atoms with Crippen molar-refractivity contribution in [2.75, 3.05) is 7.05 Å². The van der Waals surface area contributed by atoms with Gasteiger partial charge in [-0.25, -0.2) is 9.38 Å². The molecule has 0 saturated carbocycles. The van der Waals surface area contributed by atoms with Crippen LogP contribution in [-0.4, -0.2) is 29.4 Å². The zero-order valence-electron chi connectivity index (χ0n) is 15.2. The maximum Gasteiger partial charge on any atom is 0.261 e. The summed E-state index contributed by atoms with van der Waals surface area (Å²) in [4.78, 5) is 18.9. The molecule has 4 rings (SSSR count). The van der Waals surface area contributed by atoms with Gasteiger partial charge in [0.15, 0.2) is 11.5 Å². The summed E-state index contributed by atoms with van der Waals surface area (Å²) in [5.74, 6) is -0.270. The Morgan fingerprint density at radius 2 is 2.04 bits per heavy atom. The standard InChI is InChI=1S/C20H19ClFN3O2/c1-19(2)10-20(17(26)25(3)18(23)24-20)14-8-13(15(22)9-16(14)27-19)11-5-4-6-12(21)7-11/h4-9H,10H2,1-3H3,(H2,23,24). The minimum Gasteiger partial charge on any atom is -0.487 e. The van der Waals surface area contributed by atoms with E-state index < -0.39 is 17.0 Å². The lowest BCUT2D eigenvalue weighted by molar-refractivity contribution is -0.133. The maximum absolute atomic E-state index is 14.9. The lowest BCUT2D eigenvalue weighted by Gasteiger charge is -2.41. The van der Waals surface area contributed by atoms with Crippen LogP contribution in [0.4, 0.5) is 4.39 Å². The number of halogens is 2. The van der Waals surface area contributed by atoms with E-state index in [-0.39, 0.29) is 11.9 Å². The van der Waals surface area contributed by atoms with Crippen LogP contribution in [-0.2, 0) is 10.3 Å². The molecule has 5 nitrogen and oxygen atoms in total. The van der Waals surface area contributed by atoms with Gasteiger partial charge < -0.3 is 10.5 Å². The van der Waals surface area contributed by atoms with Gasteiger partial charge in [0.2, 0.25) is 0 Å². The van der Waals surface area contributed by atoms with Gasteiger partial charge >= 0.3 is 0 Å². The van der Waals surface area contributed by atoms with Gasteiger partial charge in [-0.05, 0) is 37.6 Å². The molecule has 2 aromatic carbocycles. The largest absolute Gasteiger partial charge is 0.487 e. The van der Waals surface area contributed by atoms with E-state index in [9.17, 15) is 9.18 Å². The molecule has 2 aliphatic heterocycles. The zero-order valence-corrected chi connectivity index (χ0v) is 16.0. The number of guanidine groups is 1. The first-order chi connectivity index (χ1) is 12.6. The summed E-state index contributed by atoms with van der Waals surface area (Å²) >= 11 is 6.06. The van der Waals surface area contributed by atoms with Gasteiger partial charge in [0, 0.05) is 35.7 Å². The van der Waals surface area contributed by atoms with E-state index in [1.54, 1.807) is 37.4 Å². The number of rotatable bonds is 1. The molecule has 2 heterocycles. The van der Waals surface area contributed by atoms with Crippen LogP contribution in [0, 0.1) is 5.82 Å². The van der Waals surface area contributed by atoms with Crippen LogP contribution in [0.1, 0.15) is 25.8 Å². The minimum absolute atomic E-state index is 0.136. The van der Waals surface area contributed by atoms with Gasteiger partial charge in [-0.15, -0.1) is 0 Å². The van der Waals surface area contributed by atoms with Gasteiger partial charge in [0.05, 0.1) is 0 Å². The molecule has 1 spiro atoms. The number of aliphatic imine (C=N–C) groups is 1. The van der Waals surface area contributed by atoms with Crippen LogP contribution in [0.15, 0.2) is 41.4 Å². The van der Waals surface area contributed by atoms with Crippen molar-refractivity contribution in [1.82, 2.24) is 4.90 Å². The molecule has 1 atom stereocenters. The lowest BCUT2D eigenvalue weighted by atomic mass is 9.76. The molecule has 2 aromatic rings. The highest BCUT2D eigenvalue weighted by Crippen LogP contribution is 2.50. The summed E-state index contributed by atoms with van der Waals surface area (Å²) in [7, 11) is 1.58. The van der Waals surface area contributed by atoms with Crippen LogP contribution < -0.4 is 10.5 Å². The molecule has 0 radical (unpaired) electrons. The number of nitrogens with zero attached hydrogens (tertiary/aromatic N) is 2. The summed E-state index contributed by atoms with van der Waals surface area (Å²) in [5, 5.41) is 0.496. The number of fused-ring (bicyclic) bond motifs is 2. The van der Waals surface area contributed by atoms with Crippen LogP contribution in [0.5, 0.6) is 5.75 Å². The summed E-state index contributed by atoms with van der Waals surface area (Å²) in [5.41, 5.74) is 5.46. The number of ether oxygens (including phenoxy) is 1. The summed E-state index contributed by atoms with van der Waals surface area (Å²) in [6.45, 7) is 3.69. The van der Waals surface area contributed by atoms with Gasteiger partial charge in [0.1, 0.15) is 17.2 Å². The van der Waals surface area contributed by atoms with Gasteiger partial charge in [-0.1, -0.05) is 23.7 Å². The van der Waals surface area contributed by atoms with E-state index in [1.165, 1.54) is 11.0 Å². The van der Waals surface area contributed by atoms with E-state index in [0.29, 0.717) is 33.9 Å². The SMILES string of the molecule is CN1C(=O)C2(CC(C)(C)Oc3cc(F)c(-c4cccc(Cl)c4)cc32)N=C1N. The highest BCUT2D eigenvalue weighted by molar-refractivity contribution is 6.30. The van der Waals surface area contributed by atoms with Crippen molar-refractivity contribution in [3.8, 4) is 16.9 Å². The number of benzene rings is 2. The summed E-state index contributed by atoms with van der Waals surface area (Å²) in [6.07, 6.45) is 0.303. The second-order valence-electron chi connectivity index (χ2n) is 7.57. The van der Waals surface area contributed by atoms with Crippen molar-refractivity contribution in [3.63, 3.8) is 0 Å². The first kappa shape index (κ1) is 17.8. The third-order valence-electron chi connectivity index (χ3n) is 5.03. The molecule has 0 aromatic heterocycles. The Kier molecular flexibility index (Phi) is 3.75. The summed E-state index contributed by atoms with van der Waals surface area (Å²) in [6, 6.07) is 9.83. The Balaban J connectivity index is 1.98. The topological polar surface area (TPSA) is 67.9 Å². The van der Waals surface area contributed by atoms with Crippen LogP contribution in [0.3, 0.4) is 0 Å². The van der Waals surface area contributed by atoms with Crippen molar-refractivity contribution in [2.45, 2.75) is 31.4 Å². The maximum atomic E-state index is 14.9. The number of nitrogens with two attached hydrogens (primary N) is 1. The van der Waals surface area contributed by atoms with E-state index >= 15 is 0 Å². The van der Waals surface area contributed by atoms with E-state index in [4.69, 9.17) is 22.1 Å². The Labute approximate surface area is 161 Å². The molecular formula is C20H19ClFN3O2. The molecular weight excluding hydrogens is 369 g/mol. The number of amides is 1. The van der Waals surface area contributed by atoms with E-state index in [2.05, 4.69) is 4.99 Å². The van der Waals surface area contributed by atoms with E-state index in [0.717, 1.165) is 0 Å². The molecule has 7 heteroatoms. The smallest absolute Gasteiger partial charge is 0.261 e. The van der Waals surface area contributed by atoms with E-state index in [1.807, 2.05) is 13.8 Å². The fraction of sp³-hybridized carbons (Fsp3) is 0.300. The Hall–Kier alpha value is -2.60. The zero-order chi connectivity index (χ0) is 19.6.